The number of carbonyl (C=O) groups is 2. The molecule has 3 aromatic carbocycles. The number of anilines is 1. The monoisotopic (exact) mass is 394 g/mol. The highest BCUT2D eigenvalue weighted by Gasteiger charge is 2.24. The number of hydrogen-bond acceptors (Lipinski definition) is 3. The molecule has 28 heavy (non-hydrogen) atoms. The molecule has 0 bridgehead atoms. The topological polar surface area (TPSA) is 67.4 Å². The highest BCUT2D eigenvalue weighted by atomic mass is 35.5. The normalized spacial score (nSPS) is 13.2. The molecule has 0 atom stereocenters. The molecule has 6 heteroatoms. The second-order valence-electron chi connectivity index (χ2n) is 6.76. The van der Waals surface area contributed by atoms with Crippen molar-refractivity contribution in [3.8, 4) is 5.75 Å². The highest BCUT2D eigenvalue weighted by Crippen LogP contribution is 2.28. The fraction of sp³-hybridized carbons (Fsp3) is 0.182. The second-order valence-corrected chi connectivity index (χ2v) is 7.17. The summed E-state index contributed by atoms with van der Waals surface area (Å²) in [6, 6.07) is 18.5. The van der Waals surface area contributed by atoms with Crippen LogP contribution < -0.4 is 15.4 Å². The molecule has 0 spiro atoms. The molecule has 142 valence electrons. The Labute approximate surface area is 167 Å². The summed E-state index contributed by atoms with van der Waals surface area (Å²) >= 11 is 6.15. The van der Waals surface area contributed by atoms with E-state index in [1.54, 1.807) is 36.4 Å². The van der Waals surface area contributed by atoms with Gasteiger partial charge in [0, 0.05) is 6.04 Å². The van der Waals surface area contributed by atoms with E-state index in [1.807, 2.05) is 24.3 Å². The lowest BCUT2D eigenvalue weighted by atomic mass is 10.1. The standard InChI is InChI=1S/C22H19ClN2O3/c23-18-7-3-4-8-19(18)25-22(27)17-11-14-5-1-2-6-15(14)12-20(17)28-13-21(26)24-16-9-10-16/h1-8,11-12,16H,9-10,13H2,(H,24,26)(H,25,27). The lowest BCUT2D eigenvalue weighted by Gasteiger charge is -2.14. The number of para-hydroxylation sites is 1. The van der Waals surface area contributed by atoms with E-state index in [4.69, 9.17) is 16.3 Å². The van der Waals surface area contributed by atoms with Crippen molar-refractivity contribution >= 4 is 39.9 Å². The Hall–Kier alpha value is -3.05. The Kier molecular flexibility index (Phi) is 5.17. The lowest BCUT2D eigenvalue weighted by Crippen LogP contribution is -2.30. The number of amides is 2. The molecule has 1 saturated carbocycles. The van der Waals surface area contributed by atoms with Crippen LogP contribution in [0.2, 0.25) is 5.02 Å². The van der Waals surface area contributed by atoms with Gasteiger partial charge in [-0.05, 0) is 47.9 Å². The molecule has 0 heterocycles. The third-order valence-electron chi connectivity index (χ3n) is 4.52. The van der Waals surface area contributed by atoms with Crippen LogP contribution in [-0.4, -0.2) is 24.5 Å². The summed E-state index contributed by atoms with van der Waals surface area (Å²) in [7, 11) is 0. The molecule has 0 saturated heterocycles. The lowest BCUT2D eigenvalue weighted by molar-refractivity contribution is -0.123. The van der Waals surface area contributed by atoms with Crippen molar-refractivity contribution in [3.63, 3.8) is 0 Å². The Morgan fingerprint density at radius 1 is 1.00 bits per heavy atom. The van der Waals surface area contributed by atoms with Crippen LogP contribution in [0.4, 0.5) is 5.69 Å². The van der Waals surface area contributed by atoms with Crippen LogP contribution >= 0.6 is 11.6 Å². The largest absolute Gasteiger partial charge is 0.483 e. The molecular weight excluding hydrogens is 376 g/mol. The maximum atomic E-state index is 12.9. The van der Waals surface area contributed by atoms with E-state index in [1.165, 1.54) is 0 Å². The first kappa shape index (κ1) is 18.3. The zero-order valence-corrected chi connectivity index (χ0v) is 15.8. The van der Waals surface area contributed by atoms with Gasteiger partial charge in [-0.1, -0.05) is 48.0 Å². The molecule has 4 rings (SSSR count). The van der Waals surface area contributed by atoms with Crippen molar-refractivity contribution in [2.45, 2.75) is 18.9 Å². The van der Waals surface area contributed by atoms with Crippen LogP contribution in [-0.2, 0) is 4.79 Å². The maximum Gasteiger partial charge on any atom is 0.259 e. The summed E-state index contributed by atoms with van der Waals surface area (Å²) in [5.74, 6) is -0.182. The fourth-order valence-electron chi connectivity index (χ4n) is 2.91. The highest BCUT2D eigenvalue weighted by molar-refractivity contribution is 6.34. The van der Waals surface area contributed by atoms with Crippen molar-refractivity contribution < 1.29 is 14.3 Å². The van der Waals surface area contributed by atoms with Crippen molar-refractivity contribution in [2.24, 2.45) is 0 Å². The van der Waals surface area contributed by atoms with Gasteiger partial charge >= 0.3 is 0 Å². The van der Waals surface area contributed by atoms with Gasteiger partial charge in [0.05, 0.1) is 16.3 Å². The van der Waals surface area contributed by atoms with Crippen LogP contribution in [0.25, 0.3) is 10.8 Å². The zero-order chi connectivity index (χ0) is 19.5. The number of fused-ring (bicyclic) bond motifs is 1. The van der Waals surface area contributed by atoms with E-state index in [0.717, 1.165) is 23.6 Å². The molecule has 0 unspecified atom stereocenters. The Bertz CT molecular complexity index is 1050. The van der Waals surface area contributed by atoms with Crippen LogP contribution in [0.15, 0.2) is 60.7 Å². The summed E-state index contributed by atoms with van der Waals surface area (Å²) in [5, 5.41) is 7.96. The number of ether oxygens (including phenoxy) is 1. The van der Waals surface area contributed by atoms with Crippen molar-refractivity contribution in [3.05, 3.63) is 71.2 Å². The molecule has 1 fully saturated rings. The summed E-state index contributed by atoms with van der Waals surface area (Å²) in [5.41, 5.74) is 0.859. The minimum Gasteiger partial charge on any atom is -0.483 e. The van der Waals surface area contributed by atoms with Gasteiger partial charge in [-0.2, -0.15) is 0 Å². The fourth-order valence-corrected chi connectivity index (χ4v) is 3.09. The molecular formula is C22H19ClN2O3. The zero-order valence-electron chi connectivity index (χ0n) is 15.1. The number of rotatable bonds is 6. The molecule has 1 aliphatic rings. The Morgan fingerprint density at radius 3 is 2.39 bits per heavy atom. The van der Waals surface area contributed by atoms with Gasteiger partial charge < -0.3 is 15.4 Å². The SMILES string of the molecule is O=C(COc1cc2ccccc2cc1C(=O)Nc1ccccc1Cl)NC1CC1. The van der Waals surface area contributed by atoms with Crippen LogP contribution in [0.5, 0.6) is 5.75 Å². The van der Waals surface area contributed by atoms with E-state index in [-0.39, 0.29) is 24.5 Å². The predicted molar refractivity (Wildman–Crippen MR) is 110 cm³/mol. The minimum atomic E-state index is -0.351. The Balaban J connectivity index is 1.61. The molecule has 2 amide bonds. The number of hydrogen-bond donors (Lipinski definition) is 2. The van der Waals surface area contributed by atoms with Crippen molar-refractivity contribution in [1.29, 1.82) is 0 Å². The third kappa shape index (κ3) is 4.26. The van der Waals surface area contributed by atoms with E-state index in [9.17, 15) is 9.59 Å². The first-order valence-electron chi connectivity index (χ1n) is 9.11. The van der Waals surface area contributed by atoms with Crippen molar-refractivity contribution in [2.75, 3.05) is 11.9 Å². The van der Waals surface area contributed by atoms with Gasteiger partial charge in [0.25, 0.3) is 11.8 Å². The predicted octanol–water partition coefficient (Wildman–Crippen LogP) is 4.40. The first-order chi connectivity index (χ1) is 13.6. The Morgan fingerprint density at radius 2 is 1.68 bits per heavy atom. The smallest absolute Gasteiger partial charge is 0.259 e. The average molecular weight is 395 g/mol. The van der Waals surface area contributed by atoms with Gasteiger partial charge in [0.15, 0.2) is 6.61 Å². The molecule has 1 aliphatic carbocycles. The van der Waals surface area contributed by atoms with E-state index < -0.39 is 0 Å². The number of nitrogens with one attached hydrogen (secondary N) is 2. The third-order valence-corrected chi connectivity index (χ3v) is 4.85. The molecule has 0 aromatic heterocycles. The molecule has 0 radical (unpaired) electrons. The van der Waals surface area contributed by atoms with Gasteiger partial charge in [-0.3, -0.25) is 9.59 Å². The van der Waals surface area contributed by atoms with Crippen LogP contribution in [0.1, 0.15) is 23.2 Å². The molecule has 3 aromatic rings. The van der Waals surface area contributed by atoms with Crippen molar-refractivity contribution in [1.82, 2.24) is 5.32 Å². The van der Waals surface area contributed by atoms with E-state index in [2.05, 4.69) is 10.6 Å². The quantitative estimate of drug-likeness (QED) is 0.651. The van der Waals surface area contributed by atoms with Gasteiger partial charge in [-0.15, -0.1) is 0 Å². The van der Waals surface area contributed by atoms with E-state index >= 15 is 0 Å². The molecule has 0 aliphatic heterocycles. The summed E-state index contributed by atoms with van der Waals surface area (Å²) < 4.78 is 5.72. The summed E-state index contributed by atoms with van der Waals surface area (Å²) in [6.07, 6.45) is 2.01. The second kappa shape index (κ2) is 7.90. The summed E-state index contributed by atoms with van der Waals surface area (Å²) in [6.45, 7) is -0.138. The molecule has 2 N–H and O–H groups in total. The van der Waals surface area contributed by atoms with Crippen LogP contribution in [0, 0.1) is 0 Å². The number of halogens is 1. The average Bonchev–Trinajstić information content (AvgIpc) is 3.51. The first-order valence-corrected chi connectivity index (χ1v) is 9.49. The maximum absolute atomic E-state index is 12.9. The van der Waals surface area contributed by atoms with Gasteiger partial charge in [0.1, 0.15) is 5.75 Å². The van der Waals surface area contributed by atoms with Crippen LogP contribution in [0.3, 0.4) is 0 Å². The number of benzene rings is 3. The van der Waals surface area contributed by atoms with Gasteiger partial charge in [-0.25, -0.2) is 0 Å². The number of carbonyl (C=O) groups excluding carboxylic acids is 2. The molecule has 5 nitrogen and oxygen atoms in total. The summed E-state index contributed by atoms with van der Waals surface area (Å²) in [4.78, 5) is 24.9. The van der Waals surface area contributed by atoms with Gasteiger partial charge in [0.2, 0.25) is 0 Å². The minimum absolute atomic E-state index is 0.138. The van der Waals surface area contributed by atoms with E-state index in [0.29, 0.717) is 22.0 Å².